The van der Waals surface area contributed by atoms with Crippen molar-refractivity contribution in [1.82, 2.24) is 10.2 Å². The van der Waals surface area contributed by atoms with Crippen molar-refractivity contribution in [2.24, 2.45) is 0 Å². The molecule has 15 heavy (non-hydrogen) atoms. The van der Waals surface area contributed by atoms with Crippen molar-refractivity contribution in [3.05, 3.63) is 34.2 Å². The van der Waals surface area contributed by atoms with Crippen LogP contribution in [0.5, 0.6) is 0 Å². The van der Waals surface area contributed by atoms with Crippen LogP contribution in [-0.4, -0.2) is 10.2 Å². The Morgan fingerprint density at radius 2 is 1.87 bits per heavy atom. The van der Waals surface area contributed by atoms with Gasteiger partial charge in [0.2, 0.25) is 0 Å². The topological polar surface area (TPSA) is 54.7 Å². The number of aromatic nitrogens is 2. The first-order valence-corrected chi connectivity index (χ1v) is 4.79. The van der Waals surface area contributed by atoms with Crippen molar-refractivity contribution < 1.29 is 4.39 Å². The van der Waals surface area contributed by atoms with Crippen molar-refractivity contribution in [3.8, 4) is 11.1 Å². The van der Waals surface area contributed by atoms with Crippen LogP contribution >= 0.6 is 23.2 Å². The van der Waals surface area contributed by atoms with Gasteiger partial charge in [0.1, 0.15) is 5.82 Å². The summed E-state index contributed by atoms with van der Waals surface area (Å²) in [6, 6.07) is 2.90. The highest BCUT2D eigenvalue weighted by Crippen LogP contribution is 2.32. The average Bonchev–Trinajstić information content (AvgIpc) is 2.60. The van der Waals surface area contributed by atoms with Gasteiger partial charge in [-0.15, -0.1) is 0 Å². The first kappa shape index (κ1) is 10.3. The number of nitrogen functional groups attached to an aromatic ring is 1. The molecule has 0 aliphatic rings. The van der Waals surface area contributed by atoms with Gasteiger partial charge in [0.15, 0.2) is 5.82 Å². The molecule has 78 valence electrons. The number of anilines is 1. The van der Waals surface area contributed by atoms with Gasteiger partial charge in [0.05, 0.1) is 16.2 Å². The molecule has 1 heterocycles. The molecule has 2 rings (SSSR count). The predicted molar refractivity (Wildman–Crippen MR) is 58.4 cm³/mol. The quantitative estimate of drug-likeness (QED) is 0.759. The fraction of sp³-hybridized carbons (Fsp3) is 0. The predicted octanol–water partition coefficient (Wildman–Crippen LogP) is 3.10. The van der Waals surface area contributed by atoms with Gasteiger partial charge in [-0.2, -0.15) is 5.10 Å². The lowest BCUT2D eigenvalue weighted by Gasteiger charge is -2.03. The lowest BCUT2D eigenvalue weighted by molar-refractivity contribution is 0.629. The van der Waals surface area contributed by atoms with Gasteiger partial charge in [0.25, 0.3) is 0 Å². The van der Waals surface area contributed by atoms with Crippen LogP contribution in [0.4, 0.5) is 10.2 Å². The van der Waals surface area contributed by atoms with E-state index in [0.717, 1.165) is 0 Å². The molecule has 0 atom stereocenters. The summed E-state index contributed by atoms with van der Waals surface area (Å²) in [6.45, 7) is 0. The summed E-state index contributed by atoms with van der Waals surface area (Å²) < 4.78 is 13.1. The average molecular weight is 246 g/mol. The van der Waals surface area contributed by atoms with Crippen LogP contribution in [0.15, 0.2) is 18.3 Å². The molecule has 3 nitrogen and oxygen atoms in total. The molecule has 0 amide bonds. The summed E-state index contributed by atoms with van der Waals surface area (Å²) in [6.07, 6.45) is 1.52. The summed E-state index contributed by atoms with van der Waals surface area (Å²) in [5.41, 5.74) is 6.87. The van der Waals surface area contributed by atoms with E-state index in [2.05, 4.69) is 10.2 Å². The number of nitrogens with zero attached hydrogens (tertiary/aromatic N) is 1. The van der Waals surface area contributed by atoms with Crippen LogP contribution in [0.3, 0.4) is 0 Å². The molecule has 2 aromatic rings. The number of hydrogen-bond donors (Lipinski definition) is 2. The van der Waals surface area contributed by atoms with Crippen molar-refractivity contribution in [1.29, 1.82) is 0 Å². The van der Waals surface area contributed by atoms with Crippen molar-refractivity contribution >= 4 is 29.0 Å². The zero-order chi connectivity index (χ0) is 11.0. The normalized spacial score (nSPS) is 10.6. The Morgan fingerprint density at radius 3 is 2.33 bits per heavy atom. The van der Waals surface area contributed by atoms with Crippen molar-refractivity contribution in [2.45, 2.75) is 0 Å². The molecule has 6 heteroatoms. The Balaban J connectivity index is 2.60. The van der Waals surface area contributed by atoms with Gasteiger partial charge in [-0.25, -0.2) is 4.39 Å². The highest BCUT2D eigenvalue weighted by molar-refractivity contribution is 6.35. The summed E-state index contributed by atoms with van der Waals surface area (Å²) in [4.78, 5) is 0. The zero-order valence-corrected chi connectivity index (χ0v) is 8.90. The van der Waals surface area contributed by atoms with Gasteiger partial charge in [0, 0.05) is 5.56 Å². The molecule has 0 saturated heterocycles. The fourth-order valence-electron chi connectivity index (χ4n) is 1.24. The molecule has 0 saturated carbocycles. The third kappa shape index (κ3) is 1.78. The van der Waals surface area contributed by atoms with Crippen LogP contribution in [0.25, 0.3) is 11.1 Å². The van der Waals surface area contributed by atoms with E-state index in [4.69, 9.17) is 28.9 Å². The number of hydrogen-bond acceptors (Lipinski definition) is 2. The van der Waals surface area contributed by atoms with E-state index in [9.17, 15) is 4.39 Å². The van der Waals surface area contributed by atoms with Crippen LogP contribution in [0.2, 0.25) is 10.0 Å². The Morgan fingerprint density at radius 1 is 1.27 bits per heavy atom. The van der Waals surface area contributed by atoms with Crippen LogP contribution in [0.1, 0.15) is 0 Å². The highest BCUT2D eigenvalue weighted by atomic mass is 35.5. The minimum atomic E-state index is -0.635. The fourth-order valence-corrected chi connectivity index (χ4v) is 1.72. The van der Waals surface area contributed by atoms with E-state index >= 15 is 0 Å². The number of halogens is 3. The van der Waals surface area contributed by atoms with Crippen molar-refractivity contribution in [3.63, 3.8) is 0 Å². The van der Waals surface area contributed by atoms with Crippen LogP contribution < -0.4 is 5.73 Å². The second kappa shape index (κ2) is 3.72. The molecular weight excluding hydrogens is 240 g/mol. The number of nitrogens with one attached hydrogen (secondary N) is 1. The maximum Gasteiger partial charge on any atom is 0.160 e. The standard InChI is InChI=1S/C9H6Cl2FN3/c10-6-1-4(2-7(11)8(6)12)5-3-14-15-9(5)13/h1-3H,(H3,13,14,15). The first-order chi connectivity index (χ1) is 7.09. The summed E-state index contributed by atoms with van der Waals surface area (Å²) in [5, 5.41) is 6.23. The molecule has 0 spiro atoms. The molecule has 3 N–H and O–H groups in total. The van der Waals surface area contributed by atoms with Crippen LogP contribution in [0, 0.1) is 5.82 Å². The molecule has 0 radical (unpaired) electrons. The summed E-state index contributed by atoms with van der Waals surface area (Å²) in [7, 11) is 0. The number of benzene rings is 1. The third-order valence-electron chi connectivity index (χ3n) is 1.96. The molecule has 0 aliphatic heterocycles. The summed E-state index contributed by atoms with van der Waals surface area (Å²) >= 11 is 11.3. The van der Waals surface area contributed by atoms with E-state index in [-0.39, 0.29) is 10.0 Å². The highest BCUT2D eigenvalue weighted by Gasteiger charge is 2.11. The minimum Gasteiger partial charge on any atom is -0.384 e. The minimum absolute atomic E-state index is 0.0434. The Hall–Kier alpha value is -1.26. The zero-order valence-electron chi connectivity index (χ0n) is 7.39. The number of H-pyrrole nitrogens is 1. The maximum atomic E-state index is 13.1. The Kier molecular flexibility index (Phi) is 2.54. The van der Waals surface area contributed by atoms with Gasteiger partial charge < -0.3 is 5.73 Å². The Bertz CT molecular complexity index is 487. The molecule has 0 unspecified atom stereocenters. The first-order valence-electron chi connectivity index (χ1n) is 4.03. The molecule has 0 aliphatic carbocycles. The number of rotatable bonds is 1. The number of aromatic amines is 1. The Labute approximate surface area is 95.0 Å². The largest absolute Gasteiger partial charge is 0.384 e. The van der Waals surface area contributed by atoms with E-state index < -0.39 is 5.82 Å². The second-order valence-electron chi connectivity index (χ2n) is 2.95. The molecule has 1 aromatic carbocycles. The van der Waals surface area contributed by atoms with Gasteiger partial charge >= 0.3 is 0 Å². The third-order valence-corrected chi connectivity index (χ3v) is 2.51. The SMILES string of the molecule is Nc1[nH]ncc1-c1cc(Cl)c(F)c(Cl)c1. The molecular formula is C9H6Cl2FN3. The maximum absolute atomic E-state index is 13.1. The van der Waals surface area contributed by atoms with Crippen LogP contribution in [-0.2, 0) is 0 Å². The van der Waals surface area contributed by atoms with E-state index in [0.29, 0.717) is 16.9 Å². The van der Waals surface area contributed by atoms with E-state index in [1.807, 2.05) is 0 Å². The lowest BCUT2D eigenvalue weighted by atomic mass is 10.1. The molecule has 0 bridgehead atoms. The molecule has 1 aromatic heterocycles. The molecule has 0 fully saturated rings. The smallest absolute Gasteiger partial charge is 0.160 e. The van der Waals surface area contributed by atoms with Gasteiger partial charge in [-0.05, 0) is 17.7 Å². The van der Waals surface area contributed by atoms with Gasteiger partial charge in [-0.1, -0.05) is 23.2 Å². The second-order valence-corrected chi connectivity index (χ2v) is 3.77. The lowest BCUT2D eigenvalue weighted by Crippen LogP contribution is -1.89. The van der Waals surface area contributed by atoms with E-state index in [1.165, 1.54) is 18.3 Å². The van der Waals surface area contributed by atoms with Crippen molar-refractivity contribution in [2.75, 3.05) is 5.73 Å². The number of nitrogens with two attached hydrogens (primary N) is 1. The van der Waals surface area contributed by atoms with Gasteiger partial charge in [-0.3, -0.25) is 5.10 Å². The van der Waals surface area contributed by atoms with E-state index in [1.54, 1.807) is 0 Å². The summed E-state index contributed by atoms with van der Waals surface area (Å²) in [5.74, 6) is -0.252. The monoisotopic (exact) mass is 245 g/mol.